The van der Waals surface area contributed by atoms with Gasteiger partial charge in [-0.15, -0.1) is 0 Å². The Bertz CT molecular complexity index is 1250. The lowest BCUT2D eigenvalue weighted by Crippen LogP contribution is -2.45. The van der Waals surface area contributed by atoms with E-state index in [1.54, 1.807) is 6.08 Å². The number of aliphatic hydroxyl groups is 2. The molecule has 426 valence electrons. The van der Waals surface area contributed by atoms with Crippen LogP contribution in [0.5, 0.6) is 0 Å². The van der Waals surface area contributed by atoms with Crippen LogP contribution in [0.25, 0.3) is 0 Å². The fourth-order valence-electron chi connectivity index (χ4n) is 10.0. The molecule has 0 aromatic rings. The first-order valence-corrected chi connectivity index (χ1v) is 32.7. The molecule has 0 heterocycles. The first kappa shape index (κ1) is 70.8. The number of nitrogens with one attached hydrogen (secondary N) is 1. The topological polar surface area (TPSA) is 69.6 Å². The van der Waals surface area contributed by atoms with E-state index < -0.39 is 12.1 Å². The number of allylic oxidation sites excluding steroid dienone is 11. The molecule has 1 amide bonds. The van der Waals surface area contributed by atoms with Gasteiger partial charge >= 0.3 is 0 Å². The molecule has 0 fully saturated rings. The highest BCUT2D eigenvalue weighted by Crippen LogP contribution is 2.18. The number of unbranched alkanes of at least 4 members (excludes halogenated alkanes) is 43. The maximum atomic E-state index is 12.5. The van der Waals surface area contributed by atoms with Crippen LogP contribution >= 0.6 is 0 Å². The molecule has 2 atom stereocenters. The van der Waals surface area contributed by atoms with Crippen LogP contribution in [0.2, 0.25) is 0 Å². The lowest BCUT2D eigenvalue weighted by molar-refractivity contribution is -0.123. The zero-order chi connectivity index (χ0) is 52.7. The molecule has 0 saturated heterocycles. The van der Waals surface area contributed by atoms with Crippen LogP contribution in [-0.2, 0) is 4.79 Å². The first-order valence-electron chi connectivity index (χ1n) is 32.7. The fraction of sp³-hybridized carbons (Fsp3) is 0.812. The summed E-state index contributed by atoms with van der Waals surface area (Å²) in [6, 6.07) is -0.626. The third-order valence-corrected chi connectivity index (χ3v) is 14.9. The number of carbonyl (C=O) groups is 1. The molecule has 0 aliphatic carbocycles. The van der Waals surface area contributed by atoms with Crippen LogP contribution < -0.4 is 5.32 Å². The summed E-state index contributed by atoms with van der Waals surface area (Å²) >= 11 is 0. The number of aliphatic hydroxyl groups excluding tert-OH is 2. The molecular weight excluding hydrogens is 891 g/mol. The lowest BCUT2D eigenvalue weighted by Gasteiger charge is -2.20. The molecule has 0 aliphatic heterocycles. The molecular formula is C69H127NO3. The normalized spacial score (nSPS) is 13.2. The number of amides is 1. The minimum atomic E-state index is -0.843. The van der Waals surface area contributed by atoms with E-state index in [2.05, 4.69) is 79.9 Å². The van der Waals surface area contributed by atoms with Gasteiger partial charge in [-0.25, -0.2) is 0 Å². The van der Waals surface area contributed by atoms with E-state index in [1.165, 1.54) is 263 Å². The van der Waals surface area contributed by atoms with E-state index in [9.17, 15) is 15.0 Å². The van der Waals surface area contributed by atoms with Gasteiger partial charge in [0, 0.05) is 6.42 Å². The predicted octanol–water partition coefficient (Wildman–Crippen LogP) is 22.1. The van der Waals surface area contributed by atoms with Gasteiger partial charge in [0.05, 0.1) is 18.8 Å². The number of hydrogen-bond acceptors (Lipinski definition) is 3. The van der Waals surface area contributed by atoms with E-state index >= 15 is 0 Å². The van der Waals surface area contributed by atoms with E-state index in [0.29, 0.717) is 6.42 Å². The Balaban J connectivity index is 3.46. The molecule has 0 radical (unpaired) electrons. The minimum Gasteiger partial charge on any atom is -0.394 e. The molecule has 0 aromatic carbocycles. The van der Waals surface area contributed by atoms with Crippen molar-refractivity contribution in [1.29, 1.82) is 0 Å². The molecule has 73 heavy (non-hydrogen) atoms. The molecule has 0 aromatic heterocycles. The van der Waals surface area contributed by atoms with Crippen LogP contribution in [-0.4, -0.2) is 34.9 Å². The zero-order valence-electron chi connectivity index (χ0n) is 49.2. The summed E-state index contributed by atoms with van der Waals surface area (Å²) in [6.07, 6.45) is 92.5. The number of rotatable bonds is 60. The van der Waals surface area contributed by atoms with Gasteiger partial charge in [-0.1, -0.05) is 344 Å². The summed E-state index contributed by atoms with van der Waals surface area (Å²) in [5, 5.41) is 23.3. The Kier molecular flexibility index (Phi) is 62.2. The van der Waals surface area contributed by atoms with Crippen molar-refractivity contribution in [3.05, 3.63) is 72.9 Å². The number of carbonyl (C=O) groups excluding carboxylic acids is 1. The van der Waals surface area contributed by atoms with E-state index in [-0.39, 0.29) is 12.5 Å². The standard InChI is InChI=1S/C69H127NO3/c1-3-5-7-9-11-13-15-17-19-21-23-25-27-29-31-33-34-35-36-37-39-41-43-45-47-49-51-53-55-57-59-61-63-65-69(73)70-67(66-71)68(72)64-62-60-58-56-54-52-50-48-46-44-42-40-38-32-30-28-26-24-22-20-18-16-14-12-10-8-6-4-2/h5,7,11,13,17,19,23,25,29,31,62,64,67-68,71-72H,3-4,6,8-10,12,14-16,18,20-22,24,26-28,30,32-61,63,65-66H2,1-2H3,(H,70,73)/b7-5-,13-11-,19-17-,25-23-,31-29-,64-62+. The highest BCUT2D eigenvalue weighted by Gasteiger charge is 2.18. The Morgan fingerprint density at radius 2 is 0.603 bits per heavy atom. The largest absolute Gasteiger partial charge is 0.394 e. The summed E-state index contributed by atoms with van der Waals surface area (Å²) < 4.78 is 0. The Hall–Kier alpha value is -2.17. The summed E-state index contributed by atoms with van der Waals surface area (Å²) in [7, 11) is 0. The third-order valence-electron chi connectivity index (χ3n) is 14.9. The van der Waals surface area contributed by atoms with Gasteiger partial charge in [0.1, 0.15) is 0 Å². The Morgan fingerprint density at radius 3 is 0.904 bits per heavy atom. The highest BCUT2D eigenvalue weighted by molar-refractivity contribution is 5.76. The van der Waals surface area contributed by atoms with Crippen molar-refractivity contribution < 1.29 is 15.0 Å². The predicted molar refractivity (Wildman–Crippen MR) is 327 cm³/mol. The third kappa shape index (κ3) is 60.6. The van der Waals surface area contributed by atoms with Crippen molar-refractivity contribution in [2.24, 2.45) is 0 Å². The molecule has 0 rings (SSSR count). The molecule has 2 unspecified atom stereocenters. The first-order chi connectivity index (χ1) is 36.2. The monoisotopic (exact) mass is 1020 g/mol. The van der Waals surface area contributed by atoms with Gasteiger partial charge in [0.15, 0.2) is 0 Å². The van der Waals surface area contributed by atoms with Crippen LogP contribution in [0.15, 0.2) is 72.9 Å². The fourth-order valence-corrected chi connectivity index (χ4v) is 10.0. The van der Waals surface area contributed by atoms with Crippen LogP contribution in [0.4, 0.5) is 0 Å². The van der Waals surface area contributed by atoms with Gasteiger partial charge < -0.3 is 15.5 Å². The molecule has 0 spiro atoms. The van der Waals surface area contributed by atoms with E-state index in [1.807, 2.05) is 6.08 Å². The van der Waals surface area contributed by atoms with Crippen molar-refractivity contribution >= 4 is 5.91 Å². The summed E-state index contributed by atoms with van der Waals surface area (Å²) in [5.41, 5.74) is 0. The van der Waals surface area contributed by atoms with Gasteiger partial charge in [-0.2, -0.15) is 0 Å². The minimum absolute atomic E-state index is 0.0602. The molecule has 4 heteroatoms. The van der Waals surface area contributed by atoms with Crippen molar-refractivity contribution in [1.82, 2.24) is 5.32 Å². The maximum Gasteiger partial charge on any atom is 0.220 e. The van der Waals surface area contributed by atoms with Crippen molar-refractivity contribution in [3.8, 4) is 0 Å². The average Bonchev–Trinajstić information content (AvgIpc) is 3.40. The van der Waals surface area contributed by atoms with Crippen molar-refractivity contribution in [3.63, 3.8) is 0 Å². The van der Waals surface area contributed by atoms with Gasteiger partial charge in [-0.05, 0) is 64.2 Å². The van der Waals surface area contributed by atoms with Crippen LogP contribution in [0.1, 0.15) is 341 Å². The average molecular weight is 1020 g/mol. The quantitative estimate of drug-likeness (QED) is 0.0420. The van der Waals surface area contributed by atoms with Gasteiger partial charge in [-0.3, -0.25) is 4.79 Å². The molecule has 0 saturated carbocycles. The number of hydrogen-bond donors (Lipinski definition) is 3. The summed E-state index contributed by atoms with van der Waals surface area (Å²) in [5.74, 6) is -0.0602. The van der Waals surface area contributed by atoms with Gasteiger partial charge in [0.2, 0.25) is 5.91 Å². The van der Waals surface area contributed by atoms with Crippen LogP contribution in [0, 0.1) is 0 Å². The second kappa shape index (κ2) is 64.1. The highest BCUT2D eigenvalue weighted by atomic mass is 16.3. The SMILES string of the molecule is CC/C=C\C/C=C\C/C=C\C/C=C\C/C=C\CCCCCCCCCCCCCCCCCCCC(=O)NC(CO)C(O)/C=C/CCCCCCCCCCCCCCCCCCCCCCCCCCCC. The van der Waals surface area contributed by atoms with Crippen LogP contribution in [0.3, 0.4) is 0 Å². The molecule has 0 bridgehead atoms. The molecule has 4 nitrogen and oxygen atoms in total. The van der Waals surface area contributed by atoms with Gasteiger partial charge in [0.25, 0.3) is 0 Å². The lowest BCUT2D eigenvalue weighted by atomic mass is 10.0. The van der Waals surface area contributed by atoms with Crippen molar-refractivity contribution in [2.45, 2.75) is 353 Å². The summed E-state index contributed by atoms with van der Waals surface area (Å²) in [4.78, 5) is 12.5. The Labute approximate surface area is 457 Å². The molecule has 0 aliphatic rings. The second-order valence-electron chi connectivity index (χ2n) is 22.2. The second-order valence-corrected chi connectivity index (χ2v) is 22.2. The summed E-state index contributed by atoms with van der Waals surface area (Å²) in [6.45, 7) is 4.23. The zero-order valence-corrected chi connectivity index (χ0v) is 49.2. The van der Waals surface area contributed by atoms with Crippen molar-refractivity contribution in [2.75, 3.05) is 6.61 Å². The smallest absolute Gasteiger partial charge is 0.220 e. The maximum absolute atomic E-state index is 12.5. The molecule has 3 N–H and O–H groups in total. The Morgan fingerprint density at radius 1 is 0.342 bits per heavy atom. The van der Waals surface area contributed by atoms with E-state index in [4.69, 9.17) is 0 Å². The van der Waals surface area contributed by atoms with E-state index in [0.717, 1.165) is 57.8 Å².